The summed E-state index contributed by atoms with van der Waals surface area (Å²) >= 11 is 1.18. The van der Waals surface area contributed by atoms with E-state index in [-0.39, 0.29) is 11.1 Å². The van der Waals surface area contributed by atoms with Crippen LogP contribution in [0.3, 0.4) is 0 Å². The Labute approximate surface area is 112 Å². The van der Waals surface area contributed by atoms with Crippen molar-refractivity contribution >= 4 is 23.3 Å². The third-order valence-electron chi connectivity index (χ3n) is 2.67. The first-order chi connectivity index (χ1) is 9.02. The van der Waals surface area contributed by atoms with Gasteiger partial charge in [0.1, 0.15) is 6.04 Å². The monoisotopic (exact) mass is 277 g/mol. The van der Waals surface area contributed by atoms with Crippen LogP contribution < -0.4 is 5.73 Å². The topological polar surface area (TPSA) is 101 Å². The van der Waals surface area contributed by atoms with Crippen LogP contribution >= 0.6 is 11.3 Å². The molecule has 0 saturated heterocycles. The van der Waals surface area contributed by atoms with E-state index in [1.807, 2.05) is 6.07 Å². The van der Waals surface area contributed by atoms with Crippen molar-refractivity contribution in [2.75, 3.05) is 0 Å². The summed E-state index contributed by atoms with van der Waals surface area (Å²) < 4.78 is 0. The Bertz CT molecular complexity index is 621. The number of nitrogens with two attached hydrogens (primary N) is 1. The zero-order valence-corrected chi connectivity index (χ0v) is 10.6. The molecule has 4 N–H and O–H groups in total. The minimum Gasteiger partial charge on any atom is -0.480 e. The molecular formula is C13H11NO4S. The molecule has 6 heteroatoms. The number of benzene rings is 1. The summed E-state index contributed by atoms with van der Waals surface area (Å²) in [6.07, 6.45) is 0. The number of aromatic carboxylic acids is 1. The minimum atomic E-state index is -1.35. The first-order valence-corrected chi connectivity index (χ1v) is 6.28. The lowest BCUT2D eigenvalue weighted by molar-refractivity contribution is -0.138. The zero-order chi connectivity index (χ0) is 14.0. The predicted molar refractivity (Wildman–Crippen MR) is 71.3 cm³/mol. The van der Waals surface area contributed by atoms with Gasteiger partial charge in [-0.25, -0.2) is 4.79 Å². The molecule has 0 saturated carbocycles. The van der Waals surface area contributed by atoms with Gasteiger partial charge in [-0.15, -0.1) is 11.3 Å². The minimum absolute atomic E-state index is 0.0567. The Kier molecular flexibility index (Phi) is 3.64. The summed E-state index contributed by atoms with van der Waals surface area (Å²) in [4.78, 5) is 22.8. The Balaban J connectivity index is 2.63. The van der Waals surface area contributed by atoms with Gasteiger partial charge in [-0.3, -0.25) is 4.79 Å². The predicted octanol–water partition coefficient (Wildman–Crippen LogP) is 2.20. The maximum Gasteiger partial charge on any atom is 0.336 e. The van der Waals surface area contributed by atoms with Gasteiger partial charge in [0, 0.05) is 15.8 Å². The van der Waals surface area contributed by atoms with Gasteiger partial charge in [0.25, 0.3) is 0 Å². The number of carboxylic acids is 2. The molecule has 98 valence electrons. The van der Waals surface area contributed by atoms with Crippen LogP contribution in [0.2, 0.25) is 0 Å². The van der Waals surface area contributed by atoms with Gasteiger partial charge in [-0.05, 0) is 5.56 Å². The van der Waals surface area contributed by atoms with Crippen molar-refractivity contribution in [1.82, 2.24) is 0 Å². The van der Waals surface area contributed by atoms with E-state index >= 15 is 0 Å². The SMILES string of the molecule is NC(C(=O)O)c1c(C(=O)O)csc1-c1ccccc1. The van der Waals surface area contributed by atoms with Crippen LogP contribution in [0.1, 0.15) is 22.0 Å². The molecule has 0 radical (unpaired) electrons. The second-order valence-corrected chi connectivity index (χ2v) is 4.76. The van der Waals surface area contributed by atoms with Crippen molar-refractivity contribution < 1.29 is 19.8 Å². The summed E-state index contributed by atoms with van der Waals surface area (Å²) in [5.41, 5.74) is 6.45. The van der Waals surface area contributed by atoms with Gasteiger partial charge in [0.05, 0.1) is 5.56 Å². The van der Waals surface area contributed by atoms with Crippen LogP contribution in [0.15, 0.2) is 35.7 Å². The molecule has 5 nitrogen and oxygen atoms in total. The molecule has 19 heavy (non-hydrogen) atoms. The molecular weight excluding hydrogens is 266 g/mol. The quantitative estimate of drug-likeness (QED) is 0.795. The number of carbonyl (C=O) groups is 2. The first-order valence-electron chi connectivity index (χ1n) is 5.41. The maximum atomic E-state index is 11.2. The van der Waals surface area contributed by atoms with Gasteiger partial charge < -0.3 is 15.9 Å². The molecule has 2 aromatic rings. The molecule has 0 amide bonds. The van der Waals surface area contributed by atoms with Crippen molar-refractivity contribution in [3.8, 4) is 10.4 Å². The number of hydrogen-bond donors (Lipinski definition) is 3. The van der Waals surface area contributed by atoms with Crippen LogP contribution in [-0.2, 0) is 4.79 Å². The number of carboxylic acid groups (broad SMARTS) is 2. The fourth-order valence-electron chi connectivity index (χ4n) is 1.78. The standard InChI is InChI=1S/C13H11NO4S/c14-10(13(17)18)9-8(12(15)16)6-19-11(9)7-4-2-1-3-5-7/h1-6,10H,14H2,(H,15,16)(H,17,18). The second-order valence-electron chi connectivity index (χ2n) is 3.88. The van der Waals surface area contributed by atoms with Gasteiger partial charge in [-0.1, -0.05) is 30.3 Å². The highest BCUT2D eigenvalue weighted by Crippen LogP contribution is 2.36. The maximum absolute atomic E-state index is 11.2. The van der Waals surface area contributed by atoms with E-state index in [0.29, 0.717) is 4.88 Å². The Morgan fingerprint density at radius 3 is 2.32 bits per heavy atom. The van der Waals surface area contributed by atoms with Crippen molar-refractivity contribution in [2.45, 2.75) is 6.04 Å². The number of hydrogen-bond acceptors (Lipinski definition) is 4. The summed E-state index contributed by atoms with van der Waals surface area (Å²) in [5, 5.41) is 19.6. The highest BCUT2D eigenvalue weighted by molar-refractivity contribution is 7.14. The lowest BCUT2D eigenvalue weighted by atomic mass is 10.00. The number of rotatable bonds is 4. The lowest BCUT2D eigenvalue weighted by Gasteiger charge is -2.10. The Morgan fingerprint density at radius 1 is 1.16 bits per heavy atom. The molecule has 1 heterocycles. The first kappa shape index (κ1) is 13.3. The average molecular weight is 277 g/mol. The molecule has 0 fully saturated rings. The van der Waals surface area contributed by atoms with Gasteiger partial charge in [0.15, 0.2) is 0 Å². The summed E-state index contributed by atoms with van der Waals surface area (Å²) in [6, 6.07) is 7.64. The highest BCUT2D eigenvalue weighted by atomic mass is 32.1. The molecule has 0 aliphatic rings. The van der Waals surface area contributed by atoms with E-state index in [9.17, 15) is 9.59 Å². The highest BCUT2D eigenvalue weighted by Gasteiger charge is 2.27. The molecule has 1 unspecified atom stereocenters. The normalized spacial score (nSPS) is 12.1. The van der Waals surface area contributed by atoms with E-state index in [2.05, 4.69) is 0 Å². The van der Waals surface area contributed by atoms with Crippen LogP contribution in [0, 0.1) is 0 Å². The molecule has 0 aliphatic carbocycles. The lowest BCUT2D eigenvalue weighted by Crippen LogP contribution is -2.22. The molecule has 0 aliphatic heterocycles. The van der Waals surface area contributed by atoms with Crippen LogP contribution in [0.5, 0.6) is 0 Å². The fraction of sp³-hybridized carbons (Fsp3) is 0.0769. The molecule has 2 rings (SSSR count). The van der Waals surface area contributed by atoms with E-state index in [0.717, 1.165) is 5.56 Å². The van der Waals surface area contributed by atoms with E-state index in [4.69, 9.17) is 15.9 Å². The smallest absolute Gasteiger partial charge is 0.336 e. The second kappa shape index (κ2) is 5.21. The Hall–Kier alpha value is -2.18. The average Bonchev–Trinajstić information content (AvgIpc) is 2.83. The van der Waals surface area contributed by atoms with E-state index in [1.165, 1.54) is 16.7 Å². The largest absolute Gasteiger partial charge is 0.480 e. The van der Waals surface area contributed by atoms with Crippen LogP contribution in [0.4, 0.5) is 0 Å². The zero-order valence-electron chi connectivity index (χ0n) is 9.74. The molecule has 1 atom stereocenters. The van der Waals surface area contributed by atoms with Crippen LogP contribution in [-0.4, -0.2) is 22.2 Å². The van der Waals surface area contributed by atoms with Crippen molar-refractivity contribution in [2.24, 2.45) is 5.73 Å². The van der Waals surface area contributed by atoms with Crippen molar-refractivity contribution in [1.29, 1.82) is 0 Å². The van der Waals surface area contributed by atoms with Gasteiger partial charge in [0.2, 0.25) is 0 Å². The van der Waals surface area contributed by atoms with Crippen molar-refractivity contribution in [3.63, 3.8) is 0 Å². The summed E-state index contributed by atoms with van der Waals surface area (Å²) in [6.45, 7) is 0. The van der Waals surface area contributed by atoms with Crippen molar-refractivity contribution in [3.05, 3.63) is 46.8 Å². The number of thiophene rings is 1. The van der Waals surface area contributed by atoms with Gasteiger partial charge in [-0.2, -0.15) is 0 Å². The third kappa shape index (κ3) is 2.49. The Morgan fingerprint density at radius 2 is 1.79 bits per heavy atom. The summed E-state index contributed by atoms with van der Waals surface area (Å²) in [5.74, 6) is -2.43. The van der Waals surface area contributed by atoms with E-state index in [1.54, 1.807) is 24.3 Å². The van der Waals surface area contributed by atoms with E-state index < -0.39 is 18.0 Å². The number of aliphatic carboxylic acids is 1. The molecule has 0 spiro atoms. The third-order valence-corrected chi connectivity index (χ3v) is 3.72. The molecule has 0 bridgehead atoms. The fourth-order valence-corrected chi connectivity index (χ4v) is 2.88. The molecule has 1 aromatic heterocycles. The molecule has 1 aromatic carbocycles. The van der Waals surface area contributed by atoms with Crippen LogP contribution in [0.25, 0.3) is 10.4 Å². The summed E-state index contributed by atoms with van der Waals surface area (Å²) in [7, 11) is 0. The van der Waals surface area contributed by atoms with Gasteiger partial charge >= 0.3 is 11.9 Å².